The topological polar surface area (TPSA) is 41.1 Å². The van der Waals surface area contributed by atoms with Gasteiger partial charge in [-0.15, -0.1) is 0 Å². The largest absolute Gasteiger partial charge is 0.332 e. The highest BCUT2D eigenvalue weighted by Gasteiger charge is 2.07. The van der Waals surface area contributed by atoms with E-state index in [1.165, 1.54) is 0 Å². The first kappa shape index (κ1) is 17.7. The number of rotatable bonds is 4. The minimum atomic E-state index is -0.166. The molecular weight excluding hydrogens is 351 g/mol. The van der Waals surface area contributed by atoms with E-state index in [2.05, 4.69) is 10.6 Å². The molecule has 0 aromatic heterocycles. The normalized spacial score (nSPS) is 10.2. The molecule has 0 heterocycles. The number of thiocarbonyl (C=S) groups is 1. The number of hydrogen-bond donors (Lipinski definition) is 2. The summed E-state index contributed by atoms with van der Waals surface area (Å²) in [5, 5.41) is 7.14. The first-order chi connectivity index (χ1) is 11.0. The molecule has 0 radical (unpaired) electrons. The molecule has 0 saturated heterocycles. The summed E-state index contributed by atoms with van der Waals surface area (Å²) in [5.41, 5.74) is 2.65. The first-order valence-corrected chi connectivity index (χ1v) is 8.22. The molecule has 3 nitrogen and oxygen atoms in total. The van der Waals surface area contributed by atoms with Gasteiger partial charge >= 0.3 is 0 Å². The van der Waals surface area contributed by atoms with Crippen molar-refractivity contribution in [3.63, 3.8) is 0 Å². The van der Waals surface area contributed by atoms with Crippen LogP contribution in [0.1, 0.15) is 17.5 Å². The molecule has 2 rings (SSSR count). The smallest absolute Gasteiger partial charge is 0.226 e. The van der Waals surface area contributed by atoms with E-state index in [0.29, 0.717) is 22.9 Å². The zero-order chi connectivity index (χ0) is 16.8. The third kappa shape index (κ3) is 5.50. The van der Waals surface area contributed by atoms with Crippen LogP contribution in [0.4, 0.5) is 5.69 Å². The predicted octanol–water partition coefficient (Wildman–Crippen LogP) is 4.75. The Labute approximate surface area is 151 Å². The lowest BCUT2D eigenvalue weighted by Crippen LogP contribution is -2.34. The molecule has 2 aromatic rings. The molecular formula is C17H16Cl2N2OS. The molecule has 0 fully saturated rings. The van der Waals surface area contributed by atoms with Crippen molar-refractivity contribution in [2.24, 2.45) is 0 Å². The number of aryl methyl sites for hydroxylation is 2. The van der Waals surface area contributed by atoms with Crippen LogP contribution in [0, 0.1) is 6.92 Å². The maximum atomic E-state index is 11.9. The number of hydrogen-bond acceptors (Lipinski definition) is 2. The van der Waals surface area contributed by atoms with E-state index in [1.807, 2.05) is 43.3 Å². The maximum Gasteiger partial charge on any atom is 0.226 e. The summed E-state index contributed by atoms with van der Waals surface area (Å²) in [7, 11) is 0. The average Bonchev–Trinajstić information content (AvgIpc) is 2.50. The van der Waals surface area contributed by atoms with Crippen LogP contribution in [-0.2, 0) is 11.2 Å². The van der Waals surface area contributed by atoms with Gasteiger partial charge in [0.25, 0.3) is 0 Å². The van der Waals surface area contributed by atoms with E-state index < -0.39 is 0 Å². The summed E-state index contributed by atoms with van der Waals surface area (Å²) in [6.45, 7) is 1.92. The number of anilines is 1. The van der Waals surface area contributed by atoms with Crippen molar-refractivity contribution in [1.29, 1.82) is 0 Å². The predicted molar refractivity (Wildman–Crippen MR) is 100 cm³/mol. The number of nitrogens with one attached hydrogen (secondary N) is 2. The molecule has 1 amide bonds. The number of carbonyl (C=O) groups is 1. The molecule has 0 unspecified atom stereocenters. The van der Waals surface area contributed by atoms with Crippen molar-refractivity contribution >= 4 is 52.1 Å². The Bertz CT molecular complexity index is 734. The van der Waals surface area contributed by atoms with E-state index in [0.717, 1.165) is 16.8 Å². The van der Waals surface area contributed by atoms with Gasteiger partial charge in [-0.3, -0.25) is 4.79 Å². The molecule has 120 valence electrons. The Morgan fingerprint density at radius 2 is 1.87 bits per heavy atom. The standard InChI is InChI=1S/C17H16Cl2N2OS/c1-11-6-8-13(10-15(11)19)20-17(23)21-16(22)9-7-12-4-2-3-5-14(12)18/h2-6,8,10H,7,9H2,1H3,(H2,20,21,22,23). The Morgan fingerprint density at radius 3 is 2.57 bits per heavy atom. The van der Waals surface area contributed by atoms with Crippen molar-refractivity contribution in [2.45, 2.75) is 19.8 Å². The second kappa shape index (κ2) is 8.29. The molecule has 2 aromatic carbocycles. The van der Waals surface area contributed by atoms with Crippen LogP contribution < -0.4 is 10.6 Å². The van der Waals surface area contributed by atoms with Crippen molar-refractivity contribution in [3.05, 3.63) is 63.6 Å². The van der Waals surface area contributed by atoms with Gasteiger partial charge in [0.15, 0.2) is 5.11 Å². The highest BCUT2D eigenvalue weighted by molar-refractivity contribution is 7.80. The van der Waals surface area contributed by atoms with Gasteiger partial charge < -0.3 is 10.6 Å². The highest BCUT2D eigenvalue weighted by atomic mass is 35.5. The van der Waals surface area contributed by atoms with E-state index >= 15 is 0 Å². The SMILES string of the molecule is Cc1ccc(NC(=S)NC(=O)CCc2ccccc2Cl)cc1Cl. The van der Waals surface area contributed by atoms with E-state index in [4.69, 9.17) is 35.4 Å². The van der Waals surface area contributed by atoms with Gasteiger partial charge in [-0.1, -0.05) is 47.5 Å². The fraction of sp³-hybridized carbons (Fsp3) is 0.176. The molecule has 0 bridgehead atoms. The molecule has 6 heteroatoms. The molecule has 0 spiro atoms. The van der Waals surface area contributed by atoms with Crippen molar-refractivity contribution in [2.75, 3.05) is 5.32 Å². The summed E-state index contributed by atoms with van der Waals surface area (Å²) in [5.74, 6) is -0.166. The van der Waals surface area contributed by atoms with Crippen LogP contribution in [0.3, 0.4) is 0 Å². The summed E-state index contributed by atoms with van der Waals surface area (Å²) >= 11 is 17.3. The summed E-state index contributed by atoms with van der Waals surface area (Å²) in [6.07, 6.45) is 0.866. The van der Waals surface area contributed by atoms with Crippen LogP contribution in [0.5, 0.6) is 0 Å². The van der Waals surface area contributed by atoms with Crippen molar-refractivity contribution < 1.29 is 4.79 Å². The van der Waals surface area contributed by atoms with Crippen LogP contribution in [-0.4, -0.2) is 11.0 Å². The van der Waals surface area contributed by atoms with Crippen molar-refractivity contribution in [1.82, 2.24) is 5.32 Å². The Balaban J connectivity index is 1.84. The molecule has 0 saturated carbocycles. The molecule has 23 heavy (non-hydrogen) atoms. The monoisotopic (exact) mass is 366 g/mol. The maximum absolute atomic E-state index is 11.9. The van der Waals surface area contributed by atoms with E-state index in [9.17, 15) is 4.79 Å². The highest BCUT2D eigenvalue weighted by Crippen LogP contribution is 2.20. The third-order valence-electron chi connectivity index (χ3n) is 3.26. The van der Waals surface area contributed by atoms with Gasteiger partial charge in [-0.25, -0.2) is 0 Å². The summed E-state index contributed by atoms with van der Waals surface area (Å²) < 4.78 is 0. The first-order valence-electron chi connectivity index (χ1n) is 7.06. The van der Waals surface area contributed by atoms with Crippen LogP contribution in [0.15, 0.2) is 42.5 Å². The Kier molecular flexibility index (Phi) is 6.39. The molecule has 0 aliphatic carbocycles. The fourth-order valence-electron chi connectivity index (χ4n) is 1.97. The van der Waals surface area contributed by atoms with Gasteiger partial charge in [-0.2, -0.15) is 0 Å². The van der Waals surface area contributed by atoms with Crippen LogP contribution in [0.2, 0.25) is 10.0 Å². The number of amides is 1. The molecule has 0 aliphatic heterocycles. The number of carbonyl (C=O) groups excluding carboxylic acids is 1. The van der Waals surface area contributed by atoms with Gasteiger partial charge in [0.2, 0.25) is 5.91 Å². The number of halogens is 2. The van der Waals surface area contributed by atoms with Crippen LogP contribution in [0.25, 0.3) is 0 Å². The lowest BCUT2D eigenvalue weighted by Gasteiger charge is -2.11. The van der Waals surface area contributed by atoms with E-state index in [1.54, 1.807) is 6.07 Å². The minimum Gasteiger partial charge on any atom is -0.332 e. The molecule has 2 N–H and O–H groups in total. The zero-order valence-corrected chi connectivity index (χ0v) is 14.9. The second-order valence-corrected chi connectivity index (χ2v) is 6.28. The van der Waals surface area contributed by atoms with Crippen molar-refractivity contribution in [3.8, 4) is 0 Å². The summed E-state index contributed by atoms with van der Waals surface area (Å²) in [6, 6.07) is 13.0. The molecule has 0 aliphatic rings. The lowest BCUT2D eigenvalue weighted by molar-refractivity contribution is -0.119. The van der Waals surface area contributed by atoms with Gasteiger partial charge in [0.05, 0.1) is 0 Å². The molecule has 0 atom stereocenters. The van der Waals surface area contributed by atoms with Crippen LogP contribution >= 0.6 is 35.4 Å². The fourth-order valence-corrected chi connectivity index (χ4v) is 2.61. The lowest BCUT2D eigenvalue weighted by atomic mass is 10.1. The van der Waals surface area contributed by atoms with Gasteiger partial charge in [0.1, 0.15) is 0 Å². The third-order valence-corrected chi connectivity index (χ3v) is 4.24. The van der Waals surface area contributed by atoms with Gasteiger partial charge in [-0.05, 0) is 54.9 Å². The average molecular weight is 367 g/mol. The van der Waals surface area contributed by atoms with Gasteiger partial charge in [0, 0.05) is 22.2 Å². The quantitative estimate of drug-likeness (QED) is 0.767. The Hall–Kier alpha value is -1.62. The number of benzene rings is 2. The zero-order valence-electron chi connectivity index (χ0n) is 12.5. The second-order valence-electron chi connectivity index (χ2n) is 5.06. The Morgan fingerprint density at radius 1 is 1.13 bits per heavy atom. The minimum absolute atomic E-state index is 0.166. The summed E-state index contributed by atoms with van der Waals surface area (Å²) in [4.78, 5) is 11.9. The van der Waals surface area contributed by atoms with E-state index in [-0.39, 0.29) is 11.0 Å².